The minimum atomic E-state index is 0.861. The molecule has 0 fully saturated rings. The molecule has 0 spiro atoms. The molecule has 0 aromatic carbocycles. The topological polar surface area (TPSA) is 42.7 Å². The van der Waals surface area contributed by atoms with E-state index >= 15 is 0 Å². The third-order valence-electron chi connectivity index (χ3n) is 2.24. The number of aromatic nitrogens is 3. The maximum atomic E-state index is 4.32. The molecule has 2 aromatic rings. The zero-order valence-electron chi connectivity index (χ0n) is 9.02. The highest BCUT2D eigenvalue weighted by Gasteiger charge is 1.99. The zero-order valence-corrected chi connectivity index (χ0v) is 10.6. The molecule has 4 nitrogen and oxygen atoms in total. The van der Waals surface area contributed by atoms with Crippen molar-refractivity contribution in [2.75, 3.05) is 11.9 Å². The second-order valence-electron chi connectivity index (χ2n) is 3.51. The fraction of sp³-hybridized carbons (Fsp3) is 0.273. The monoisotopic (exact) mass is 280 g/mol. The summed E-state index contributed by atoms with van der Waals surface area (Å²) in [6, 6.07) is 3.98. The summed E-state index contributed by atoms with van der Waals surface area (Å²) in [4.78, 5) is 4.01. The summed E-state index contributed by atoms with van der Waals surface area (Å²) in [5.74, 6) is 0. The number of halogens is 1. The van der Waals surface area contributed by atoms with Gasteiger partial charge in [0.05, 0.1) is 15.9 Å². The molecule has 84 valence electrons. The number of nitrogens with one attached hydrogen (secondary N) is 1. The highest BCUT2D eigenvalue weighted by atomic mass is 79.9. The van der Waals surface area contributed by atoms with Crippen molar-refractivity contribution in [1.82, 2.24) is 14.8 Å². The van der Waals surface area contributed by atoms with Gasteiger partial charge in [0.15, 0.2) is 0 Å². The van der Waals surface area contributed by atoms with Crippen molar-refractivity contribution in [2.45, 2.75) is 6.42 Å². The first-order chi connectivity index (χ1) is 7.75. The lowest BCUT2D eigenvalue weighted by Gasteiger charge is -2.06. The van der Waals surface area contributed by atoms with Gasteiger partial charge in [-0.1, -0.05) is 0 Å². The van der Waals surface area contributed by atoms with E-state index in [0.717, 1.165) is 28.8 Å². The zero-order chi connectivity index (χ0) is 11.4. The fourth-order valence-electron chi connectivity index (χ4n) is 1.44. The van der Waals surface area contributed by atoms with Crippen LogP contribution in [0.2, 0.25) is 0 Å². The van der Waals surface area contributed by atoms with Gasteiger partial charge in [-0.25, -0.2) is 0 Å². The van der Waals surface area contributed by atoms with Crippen LogP contribution in [0.3, 0.4) is 0 Å². The van der Waals surface area contributed by atoms with Crippen molar-refractivity contribution < 1.29 is 0 Å². The van der Waals surface area contributed by atoms with Crippen molar-refractivity contribution in [3.63, 3.8) is 0 Å². The molecule has 2 rings (SSSR count). The van der Waals surface area contributed by atoms with Crippen LogP contribution in [0.5, 0.6) is 0 Å². The molecular weight excluding hydrogens is 268 g/mol. The molecular formula is C11H13BrN4. The predicted molar refractivity (Wildman–Crippen MR) is 67.3 cm³/mol. The Kier molecular flexibility index (Phi) is 3.56. The molecule has 0 saturated carbocycles. The van der Waals surface area contributed by atoms with Crippen LogP contribution in [-0.4, -0.2) is 21.3 Å². The first kappa shape index (κ1) is 11.1. The number of hydrogen-bond acceptors (Lipinski definition) is 3. The van der Waals surface area contributed by atoms with Gasteiger partial charge in [0.25, 0.3) is 0 Å². The Morgan fingerprint density at radius 3 is 3.00 bits per heavy atom. The van der Waals surface area contributed by atoms with Crippen molar-refractivity contribution in [3.05, 3.63) is 40.9 Å². The Bertz CT molecular complexity index is 467. The van der Waals surface area contributed by atoms with Crippen molar-refractivity contribution >= 4 is 21.6 Å². The smallest absolute Gasteiger partial charge is 0.0642 e. The SMILES string of the molecule is Cn1ccc(CCNc2ccncc2Br)n1. The number of hydrogen-bond donors (Lipinski definition) is 1. The number of aryl methyl sites for hydroxylation is 1. The molecule has 0 bridgehead atoms. The Morgan fingerprint density at radius 1 is 1.44 bits per heavy atom. The first-order valence-corrected chi connectivity index (χ1v) is 5.87. The minimum Gasteiger partial charge on any atom is -0.384 e. The van der Waals surface area contributed by atoms with Crippen LogP contribution in [-0.2, 0) is 13.5 Å². The van der Waals surface area contributed by atoms with E-state index in [1.807, 2.05) is 30.1 Å². The largest absolute Gasteiger partial charge is 0.384 e. The molecule has 0 aliphatic heterocycles. The van der Waals surface area contributed by atoms with Crippen LogP contribution in [0.1, 0.15) is 5.69 Å². The first-order valence-electron chi connectivity index (χ1n) is 5.07. The van der Waals surface area contributed by atoms with E-state index in [1.165, 1.54) is 0 Å². The highest BCUT2D eigenvalue weighted by molar-refractivity contribution is 9.10. The quantitative estimate of drug-likeness (QED) is 0.934. The normalized spacial score (nSPS) is 10.4. The lowest BCUT2D eigenvalue weighted by molar-refractivity contribution is 0.742. The molecule has 2 heterocycles. The van der Waals surface area contributed by atoms with Crippen LogP contribution in [0, 0.1) is 0 Å². The summed E-state index contributed by atoms with van der Waals surface area (Å²) < 4.78 is 2.80. The minimum absolute atomic E-state index is 0.861. The van der Waals surface area contributed by atoms with E-state index in [-0.39, 0.29) is 0 Å². The van der Waals surface area contributed by atoms with E-state index in [9.17, 15) is 0 Å². The predicted octanol–water partition coefficient (Wildman–Crippen LogP) is 2.23. The van der Waals surface area contributed by atoms with E-state index in [2.05, 4.69) is 31.3 Å². The van der Waals surface area contributed by atoms with E-state index < -0.39 is 0 Å². The molecule has 0 unspecified atom stereocenters. The maximum Gasteiger partial charge on any atom is 0.0642 e. The second-order valence-corrected chi connectivity index (χ2v) is 4.37. The second kappa shape index (κ2) is 5.12. The summed E-state index contributed by atoms with van der Waals surface area (Å²) in [6.45, 7) is 0.861. The third-order valence-corrected chi connectivity index (χ3v) is 2.87. The Morgan fingerprint density at radius 2 is 2.31 bits per heavy atom. The van der Waals surface area contributed by atoms with Crippen LogP contribution in [0.25, 0.3) is 0 Å². The van der Waals surface area contributed by atoms with Gasteiger partial charge in [0.2, 0.25) is 0 Å². The van der Waals surface area contributed by atoms with Gasteiger partial charge in [-0.05, 0) is 28.1 Å². The number of anilines is 1. The van der Waals surface area contributed by atoms with Crippen molar-refractivity contribution in [3.8, 4) is 0 Å². The summed E-state index contributed by atoms with van der Waals surface area (Å²) >= 11 is 3.44. The number of nitrogens with zero attached hydrogens (tertiary/aromatic N) is 3. The van der Waals surface area contributed by atoms with Crippen LogP contribution < -0.4 is 5.32 Å². The van der Waals surface area contributed by atoms with Gasteiger partial charge in [0.1, 0.15) is 0 Å². The van der Waals surface area contributed by atoms with Gasteiger partial charge in [-0.3, -0.25) is 9.67 Å². The van der Waals surface area contributed by atoms with Crippen LogP contribution in [0.4, 0.5) is 5.69 Å². The lowest BCUT2D eigenvalue weighted by Crippen LogP contribution is -2.06. The van der Waals surface area contributed by atoms with Crippen LogP contribution >= 0.6 is 15.9 Å². The third kappa shape index (κ3) is 2.82. The maximum absolute atomic E-state index is 4.32. The number of pyridine rings is 1. The van der Waals surface area contributed by atoms with Gasteiger partial charge in [-0.15, -0.1) is 0 Å². The Hall–Kier alpha value is -1.36. The molecule has 0 saturated heterocycles. The molecule has 2 aromatic heterocycles. The molecule has 16 heavy (non-hydrogen) atoms. The molecule has 0 aliphatic rings. The standard InChI is InChI=1S/C11H13BrN4/c1-16-7-4-9(15-16)2-6-14-11-3-5-13-8-10(11)12/h3-5,7-8H,2,6H2,1H3,(H,13,14). The van der Waals surface area contributed by atoms with Gasteiger partial charge < -0.3 is 5.32 Å². The summed E-state index contributed by atoms with van der Waals surface area (Å²) in [5, 5.41) is 7.65. The highest BCUT2D eigenvalue weighted by Crippen LogP contribution is 2.19. The van der Waals surface area contributed by atoms with Crippen molar-refractivity contribution in [1.29, 1.82) is 0 Å². The molecule has 0 radical (unpaired) electrons. The number of rotatable bonds is 4. The summed E-state index contributed by atoms with van der Waals surface area (Å²) in [7, 11) is 1.93. The Balaban J connectivity index is 1.87. The summed E-state index contributed by atoms with van der Waals surface area (Å²) in [5.41, 5.74) is 2.16. The van der Waals surface area contributed by atoms with Gasteiger partial charge in [0, 0.05) is 38.6 Å². The van der Waals surface area contributed by atoms with E-state index in [4.69, 9.17) is 0 Å². The molecule has 0 aliphatic carbocycles. The van der Waals surface area contributed by atoms with Crippen molar-refractivity contribution in [2.24, 2.45) is 7.05 Å². The van der Waals surface area contributed by atoms with Crippen LogP contribution in [0.15, 0.2) is 35.2 Å². The average molecular weight is 281 g/mol. The molecule has 0 amide bonds. The molecule has 5 heteroatoms. The van der Waals surface area contributed by atoms with Gasteiger partial charge >= 0.3 is 0 Å². The fourth-order valence-corrected chi connectivity index (χ4v) is 1.83. The Labute approximate surface area is 103 Å². The molecule has 1 N–H and O–H groups in total. The lowest BCUT2D eigenvalue weighted by atomic mass is 10.3. The van der Waals surface area contributed by atoms with E-state index in [1.54, 1.807) is 12.4 Å². The average Bonchev–Trinajstić information content (AvgIpc) is 2.67. The molecule has 0 atom stereocenters. The van der Waals surface area contributed by atoms with Gasteiger partial charge in [-0.2, -0.15) is 5.10 Å². The summed E-state index contributed by atoms with van der Waals surface area (Å²) in [6.07, 6.45) is 6.42. The van der Waals surface area contributed by atoms with E-state index in [0.29, 0.717) is 0 Å².